The van der Waals surface area contributed by atoms with Gasteiger partial charge in [-0.15, -0.1) is 0 Å². The van der Waals surface area contributed by atoms with E-state index in [2.05, 4.69) is 50.8 Å². The SMILES string of the molecule is Cc1c(C)c(C)c(C[N+]23CC[N+](Br)(CC2)CC3)c(C)c1C. The van der Waals surface area contributed by atoms with Crippen LogP contribution in [0.15, 0.2) is 0 Å². The molecule has 1 aromatic carbocycles. The molecule has 3 fully saturated rings. The summed E-state index contributed by atoms with van der Waals surface area (Å²) in [4.78, 5) is 0. The summed E-state index contributed by atoms with van der Waals surface area (Å²) in [6.45, 7) is 20.7. The van der Waals surface area contributed by atoms with Crippen LogP contribution < -0.4 is 0 Å². The standard InChI is InChI=1S/C18H29BrN2/c1-13-14(2)16(4)18(17(5)15(13)3)12-20-6-9-21(19,10-7-20)11-8-20/h6-12H2,1-5H3/q+2. The molecule has 0 atom stereocenters. The Morgan fingerprint density at radius 2 is 1.05 bits per heavy atom. The van der Waals surface area contributed by atoms with E-state index in [1.165, 1.54) is 67.0 Å². The van der Waals surface area contributed by atoms with Crippen LogP contribution in [0.2, 0.25) is 0 Å². The predicted molar refractivity (Wildman–Crippen MR) is 92.5 cm³/mol. The third-order valence-corrected chi connectivity index (χ3v) is 7.64. The topological polar surface area (TPSA) is 0 Å². The van der Waals surface area contributed by atoms with Crippen LogP contribution in [0.5, 0.6) is 0 Å². The minimum Gasteiger partial charge on any atom is -0.306 e. The smallest absolute Gasteiger partial charge is 0.227 e. The van der Waals surface area contributed by atoms with Crippen LogP contribution in [0, 0.1) is 34.6 Å². The number of nitrogens with zero attached hydrogens (tertiary/aromatic N) is 2. The molecule has 3 saturated heterocycles. The second-order valence-corrected chi connectivity index (χ2v) is 8.98. The second kappa shape index (κ2) is 5.07. The molecule has 0 N–H and O–H groups in total. The van der Waals surface area contributed by atoms with Crippen LogP contribution >= 0.6 is 16.1 Å². The molecule has 3 aliphatic rings. The molecule has 0 unspecified atom stereocenters. The van der Waals surface area contributed by atoms with E-state index in [0.717, 1.165) is 3.51 Å². The van der Waals surface area contributed by atoms with Crippen LogP contribution in [0.3, 0.4) is 0 Å². The van der Waals surface area contributed by atoms with Crippen molar-refractivity contribution in [2.75, 3.05) is 39.3 Å². The molecule has 0 aromatic heterocycles. The van der Waals surface area contributed by atoms with Gasteiger partial charge in [0, 0.05) is 5.56 Å². The van der Waals surface area contributed by atoms with Gasteiger partial charge in [0.1, 0.15) is 45.8 Å². The van der Waals surface area contributed by atoms with Gasteiger partial charge in [-0.2, -0.15) is 0 Å². The number of rotatable bonds is 2. The molecule has 3 heterocycles. The molecule has 0 radical (unpaired) electrons. The molecule has 1 aromatic rings. The Balaban J connectivity index is 1.96. The molecule has 0 spiro atoms. The maximum Gasteiger partial charge on any atom is 0.227 e. The van der Waals surface area contributed by atoms with Gasteiger partial charge in [0.15, 0.2) is 0 Å². The van der Waals surface area contributed by atoms with E-state index < -0.39 is 0 Å². The first-order valence-electron chi connectivity index (χ1n) is 8.24. The quantitative estimate of drug-likeness (QED) is 0.562. The number of hydrogen-bond acceptors (Lipinski definition) is 0. The first kappa shape index (κ1) is 15.5. The van der Waals surface area contributed by atoms with E-state index in [4.69, 9.17) is 0 Å². The van der Waals surface area contributed by atoms with Gasteiger partial charge >= 0.3 is 0 Å². The van der Waals surface area contributed by atoms with Gasteiger partial charge < -0.3 is 4.48 Å². The fourth-order valence-corrected chi connectivity index (χ4v) is 4.71. The van der Waals surface area contributed by atoms with Gasteiger partial charge in [0.2, 0.25) is 16.1 Å². The zero-order valence-electron chi connectivity index (χ0n) is 14.2. The van der Waals surface area contributed by atoms with E-state index in [1.54, 1.807) is 16.7 Å². The lowest BCUT2D eigenvalue weighted by atomic mass is 9.88. The third-order valence-electron chi connectivity index (χ3n) is 6.57. The average molecular weight is 353 g/mol. The van der Waals surface area contributed by atoms with Gasteiger partial charge in [-0.1, -0.05) is 0 Å². The van der Waals surface area contributed by atoms with Crippen LogP contribution in [-0.2, 0) is 6.54 Å². The molecule has 3 heteroatoms. The van der Waals surface area contributed by atoms with Crippen LogP contribution in [0.25, 0.3) is 0 Å². The van der Waals surface area contributed by atoms with Gasteiger partial charge in [-0.05, 0) is 62.4 Å². The third kappa shape index (κ3) is 2.47. The molecular weight excluding hydrogens is 324 g/mol. The average Bonchev–Trinajstić information content (AvgIpc) is 2.49. The summed E-state index contributed by atoms with van der Waals surface area (Å²) in [5.41, 5.74) is 9.21. The van der Waals surface area contributed by atoms with E-state index in [1.807, 2.05) is 0 Å². The highest BCUT2D eigenvalue weighted by Crippen LogP contribution is 2.35. The Hall–Kier alpha value is -0.380. The van der Waals surface area contributed by atoms with Crippen molar-refractivity contribution < 1.29 is 7.99 Å². The number of piperazine rings is 3. The first-order chi connectivity index (χ1) is 9.77. The van der Waals surface area contributed by atoms with E-state index in [0.29, 0.717) is 0 Å². The Bertz CT molecular complexity index is 538. The van der Waals surface area contributed by atoms with Crippen molar-refractivity contribution in [3.63, 3.8) is 0 Å². The van der Waals surface area contributed by atoms with Crippen molar-refractivity contribution in [2.24, 2.45) is 0 Å². The molecule has 2 nitrogen and oxygen atoms in total. The monoisotopic (exact) mass is 352 g/mol. The zero-order valence-corrected chi connectivity index (χ0v) is 15.8. The summed E-state index contributed by atoms with van der Waals surface area (Å²) < 4.78 is 2.45. The summed E-state index contributed by atoms with van der Waals surface area (Å²) in [6.07, 6.45) is 0. The van der Waals surface area contributed by atoms with Crippen molar-refractivity contribution in [1.82, 2.24) is 0 Å². The molecule has 21 heavy (non-hydrogen) atoms. The lowest BCUT2D eigenvalue weighted by Crippen LogP contribution is -2.71. The van der Waals surface area contributed by atoms with Crippen molar-refractivity contribution in [1.29, 1.82) is 0 Å². The minimum atomic E-state index is 1.14. The van der Waals surface area contributed by atoms with Crippen molar-refractivity contribution >= 4 is 16.1 Å². The van der Waals surface area contributed by atoms with Crippen LogP contribution in [-0.4, -0.2) is 47.3 Å². The fourth-order valence-electron chi connectivity index (χ4n) is 4.23. The van der Waals surface area contributed by atoms with E-state index in [-0.39, 0.29) is 0 Å². The highest BCUT2D eigenvalue weighted by Gasteiger charge is 2.48. The first-order valence-corrected chi connectivity index (χ1v) is 8.95. The largest absolute Gasteiger partial charge is 0.306 e. The van der Waals surface area contributed by atoms with E-state index in [9.17, 15) is 0 Å². The maximum absolute atomic E-state index is 3.93. The van der Waals surface area contributed by atoms with Crippen molar-refractivity contribution in [3.05, 3.63) is 33.4 Å². The van der Waals surface area contributed by atoms with Gasteiger partial charge in [0.05, 0.1) is 0 Å². The van der Waals surface area contributed by atoms with Crippen LogP contribution in [0.4, 0.5) is 0 Å². The molecule has 0 aliphatic carbocycles. The van der Waals surface area contributed by atoms with Gasteiger partial charge in [0.25, 0.3) is 0 Å². The highest BCUT2D eigenvalue weighted by molar-refractivity contribution is 9.05. The zero-order chi connectivity index (χ0) is 15.4. The Morgan fingerprint density at radius 3 is 1.48 bits per heavy atom. The Morgan fingerprint density at radius 1 is 0.667 bits per heavy atom. The Kier molecular flexibility index (Phi) is 3.75. The maximum atomic E-state index is 3.93. The fraction of sp³-hybridized carbons (Fsp3) is 0.667. The van der Waals surface area contributed by atoms with E-state index >= 15 is 0 Å². The summed E-state index contributed by atoms with van der Waals surface area (Å²) >= 11 is 3.93. The summed E-state index contributed by atoms with van der Waals surface area (Å²) in [7, 11) is 0. The number of benzene rings is 1. The van der Waals surface area contributed by atoms with Crippen molar-refractivity contribution in [2.45, 2.75) is 41.2 Å². The van der Waals surface area contributed by atoms with Crippen molar-refractivity contribution in [3.8, 4) is 0 Å². The van der Waals surface area contributed by atoms with Gasteiger partial charge in [-0.3, -0.25) is 0 Å². The molecule has 116 valence electrons. The summed E-state index contributed by atoms with van der Waals surface area (Å²) in [5, 5.41) is 0. The summed E-state index contributed by atoms with van der Waals surface area (Å²) in [6, 6.07) is 0. The lowest BCUT2D eigenvalue weighted by molar-refractivity contribution is -1.04. The predicted octanol–water partition coefficient (Wildman–Crippen LogP) is 3.70. The molecule has 2 bridgehead atoms. The number of halogens is 1. The minimum absolute atomic E-state index is 1.14. The molecule has 0 saturated carbocycles. The summed E-state index contributed by atoms with van der Waals surface area (Å²) in [5.74, 6) is 0. The number of hydrogen-bond donors (Lipinski definition) is 0. The molecule has 0 amide bonds. The van der Waals surface area contributed by atoms with Gasteiger partial charge in [-0.25, -0.2) is 3.51 Å². The lowest BCUT2D eigenvalue weighted by Gasteiger charge is -2.52. The number of quaternary nitrogens is 2. The normalized spacial score (nSPS) is 31.7. The molecule has 3 aliphatic heterocycles. The Labute approximate surface area is 138 Å². The number of fused-ring (bicyclic) bond motifs is 3. The molecule has 4 rings (SSSR count). The second-order valence-electron chi connectivity index (χ2n) is 7.47. The van der Waals surface area contributed by atoms with Crippen LogP contribution in [0.1, 0.15) is 33.4 Å². The molecular formula is C18H29BrN2+2. The highest BCUT2D eigenvalue weighted by atomic mass is 79.9.